The van der Waals surface area contributed by atoms with Gasteiger partial charge < -0.3 is 16.4 Å². The van der Waals surface area contributed by atoms with Crippen LogP contribution in [0.15, 0.2) is 18.2 Å². The lowest BCUT2D eigenvalue weighted by atomic mass is 10.1. The van der Waals surface area contributed by atoms with Gasteiger partial charge in [0.25, 0.3) is 0 Å². The number of unbranched alkanes of at least 4 members (excludes halogenated alkanes) is 1. The number of benzene rings is 1. The summed E-state index contributed by atoms with van der Waals surface area (Å²) in [7, 11) is 0. The van der Waals surface area contributed by atoms with Crippen LogP contribution in [0, 0.1) is 6.92 Å². The predicted molar refractivity (Wildman–Crippen MR) is 81.6 cm³/mol. The molecule has 0 aliphatic carbocycles. The van der Waals surface area contributed by atoms with Crippen LogP contribution in [0.2, 0.25) is 0 Å². The van der Waals surface area contributed by atoms with Gasteiger partial charge in [0.2, 0.25) is 11.8 Å². The van der Waals surface area contributed by atoms with E-state index in [-0.39, 0.29) is 11.8 Å². The van der Waals surface area contributed by atoms with Gasteiger partial charge in [-0.25, -0.2) is 0 Å². The Kier molecular flexibility index (Phi) is 6.18. The van der Waals surface area contributed by atoms with E-state index in [4.69, 9.17) is 5.73 Å². The zero-order chi connectivity index (χ0) is 15.1. The molecule has 0 bridgehead atoms. The smallest absolute Gasteiger partial charge is 0.240 e. The number of nitrogens with one attached hydrogen (secondary N) is 2. The average molecular weight is 277 g/mol. The van der Waals surface area contributed by atoms with E-state index in [0.29, 0.717) is 12.1 Å². The van der Waals surface area contributed by atoms with E-state index in [1.807, 2.05) is 13.0 Å². The van der Waals surface area contributed by atoms with Crippen molar-refractivity contribution in [1.29, 1.82) is 0 Å². The lowest BCUT2D eigenvalue weighted by Crippen LogP contribution is -2.32. The van der Waals surface area contributed by atoms with Crippen molar-refractivity contribution in [2.45, 2.75) is 46.1 Å². The molecule has 0 unspecified atom stereocenters. The summed E-state index contributed by atoms with van der Waals surface area (Å²) in [5.74, 6) is -0.216. The molecule has 1 aromatic carbocycles. The molecule has 0 fully saturated rings. The van der Waals surface area contributed by atoms with Crippen LogP contribution in [0.25, 0.3) is 0 Å². The molecule has 20 heavy (non-hydrogen) atoms. The van der Waals surface area contributed by atoms with Crippen LogP contribution in [-0.4, -0.2) is 17.9 Å². The molecule has 0 heterocycles. The Morgan fingerprint density at radius 2 is 2.00 bits per heavy atom. The summed E-state index contributed by atoms with van der Waals surface area (Å²) in [5, 5.41) is 5.59. The third-order valence-electron chi connectivity index (χ3n) is 2.94. The molecule has 0 aliphatic rings. The summed E-state index contributed by atoms with van der Waals surface area (Å²) in [5.41, 5.74) is 7.84. The van der Waals surface area contributed by atoms with Crippen LogP contribution in [0.3, 0.4) is 0 Å². The lowest BCUT2D eigenvalue weighted by molar-refractivity contribution is -0.117. The Morgan fingerprint density at radius 3 is 2.55 bits per heavy atom. The molecule has 1 aromatic rings. The van der Waals surface area contributed by atoms with Gasteiger partial charge in [-0.2, -0.15) is 0 Å². The second-order valence-electron chi connectivity index (χ2n) is 4.96. The van der Waals surface area contributed by atoms with Crippen LogP contribution in [0.1, 0.15) is 38.7 Å². The first kappa shape index (κ1) is 16.2. The second kappa shape index (κ2) is 7.65. The summed E-state index contributed by atoms with van der Waals surface area (Å²) in [4.78, 5) is 23.2. The molecule has 4 N–H and O–H groups in total. The van der Waals surface area contributed by atoms with Crippen molar-refractivity contribution in [2.24, 2.45) is 5.73 Å². The summed E-state index contributed by atoms with van der Waals surface area (Å²) in [6, 6.07) is 4.80. The number of amides is 2. The van der Waals surface area contributed by atoms with Crippen LogP contribution in [-0.2, 0) is 9.59 Å². The number of carbonyl (C=O) groups is 2. The highest BCUT2D eigenvalue weighted by atomic mass is 16.2. The molecule has 0 aromatic heterocycles. The van der Waals surface area contributed by atoms with Crippen molar-refractivity contribution >= 4 is 23.2 Å². The van der Waals surface area contributed by atoms with Gasteiger partial charge in [-0.15, -0.1) is 0 Å². The zero-order valence-electron chi connectivity index (χ0n) is 12.3. The highest BCUT2D eigenvalue weighted by Gasteiger charge is 2.09. The number of nitrogens with two attached hydrogens (primary N) is 1. The van der Waals surface area contributed by atoms with Crippen LogP contribution < -0.4 is 16.4 Å². The Labute approximate surface area is 119 Å². The molecule has 2 amide bonds. The normalized spacial score (nSPS) is 11.8. The largest absolute Gasteiger partial charge is 0.326 e. The van der Waals surface area contributed by atoms with Crippen LogP contribution in [0.4, 0.5) is 11.4 Å². The van der Waals surface area contributed by atoms with Gasteiger partial charge in [-0.1, -0.05) is 13.3 Å². The maximum absolute atomic E-state index is 11.7. The minimum atomic E-state index is -0.552. The van der Waals surface area contributed by atoms with Gasteiger partial charge in [0.05, 0.1) is 6.04 Å². The number of hydrogen-bond donors (Lipinski definition) is 3. The molecule has 0 aliphatic heterocycles. The van der Waals surface area contributed by atoms with Crippen molar-refractivity contribution in [1.82, 2.24) is 0 Å². The molecule has 1 atom stereocenters. The molecule has 110 valence electrons. The molecule has 0 saturated carbocycles. The van der Waals surface area contributed by atoms with Gasteiger partial charge in [-0.3, -0.25) is 9.59 Å². The predicted octanol–water partition coefficient (Wildman–Crippen LogP) is 2.41. The Hall–Kier alpha value is -1.88. The number of hydrogen-bond acceptors (Lipinski definition) is 3. The lowest BCUT2D eigenvalue weighted by Gasteiger charge is -2.12. The maximum atomic E-state index is 11.7. The van der Waals surface area contributed by atoms with Crippen molar-refractivity contribution in [3.63, 3.8) is 0 Å². The number of rotatable bonds is 6. The van der Waals surface area contributed by atoms with Gasteiger partial charge >= 0.3 is 0 Å². The topological polar surface area (TPSA) is 84.2 Å². The Bertz CT molecular complexity index is 484. The van der Waals surface area contributed by atoms with E-state index < -0.39 is 6.04 Å². The first-order valence-corrected chi connectivity index (χ1v) is 6.91. The van der Waals surface area contributed by atoms with Crippen LogP contribution >= 0.6 is 0 Å². The number of carbonyl (C=O) groups excluding carboxylic acids is 2. The van der Waals surface area contributed by atoms with Gasteiger partial charge in [-0.05, 0) is 44.0 Å². The molecule has 0 saturated heterocycles. The average Bonchev–Trinajstić information content (AvgIpc) is 2.39. The molecule has 5 heteroatoms. The number of aryl methyl sites for hydroxylation is 1. The fourth-order valence-corrected chi connectivity index (χ4v) is 1.69. The van der Waals surface area contributed by atoms with Crippen molar-refractivity contribution in [3.8, 4) is 0 Å². The number of anilines is 2. The van der Waals surface area contributed by atoms with Gasteiger partial charge in [0.15, 0.2) is 0 Å². The highest BCUT2D eigenvalue weighted by Crippen LogP contribution is 2.20. The van der Waals surface area contributed by atoms with E-state index in [9.17, 15) is 9.59 Å². The first-order valence-electron chi connectivity index (χ1n) is 6.91. The molecule has 0 radical (unpaired) electrons. The molecular formula is C15H23N3O2. The third kappa shape index (κ3) is 5.01. The maximum Gasteiger partial charge on any atom is 0.240 e. The minimum Gasteiger partial charge on any atom is -0.326 e. The second-order valence-corrected chi connectivity index (χ2v) is 4.96. The quantitative estimate of drug-likeness (QED) is 0.746. The zero-order valence-corrected chi connectivity index (χ0v) is 12.3. The summed E-state index contributed by atoms with van der Waals surface area (Å²) in [6.45, 7) is 5.57. The van der Waals surface area contributed by atoms with E-state index in [0.717, 1.165) is 24.1 Å². The Morgan fingerprint density at radius 1 is 1.30 bits per heavy atom. The van der Waals surface area contributed by atoms with Gasteiger partial charge in [0.1, 0.15) is 0 Å². The fraction of sp³-hybridized carbons (Fsp3) is 0.467. The van der Waals surface area contributed by atoms with E-state index >= 15 is 0 Å². The van der Waals surface area contributed by atoms with Gasteiger partial charge in [0, 0.05) is 17.8 Å². The molecule has 1 rings (SSSR count). The standard InChI is InChI=1S/C15H23N3O2/c1-4-5-6-14(19)18-13-8-7-12(9-10(13)2)17-15(20)11(3)16/h7-9,11H,4-6,16H2,1-3H3,(H,17,20)(H,18,19)/t11-/m0/s1. The van der Waals surface area contributed by atoms with Crippen molar-refractivity contribution in [2.75, 3.05) is 10.6 Å². The van der Waals surface area contributed by atoms with Crippen molar-refractivity contribution in [3.05, 3.63) is 23.8 Å². The molecule has 5 nitrogen and oxygen atoms in total. The minimum absolute atomic E-state index is 0.0160. The Balaban J connectivity index is 2.68. The first-order chi connectivity index (χ1) is 9.43. The molecular weight excluding hydrogens is 254 g/mol. The monoisotopic (exact) mass is 277 g/mol. The SMILES string of the molecule is CCCCC(=O)Nc1ccc(NC(=O)[C@H](C)N)cc1C. The highest BCUT2D eigenvalue weighted by molar-refractivity contribution is 5.95. The third-order valence-corrected chi connectivity index (χ3v) is 2.94. The van der Waals surface area contributed by atoms with E-state index in [1.165, 1.54) is 0 Å². The fourth-order valence-electron chi connectivity index (χ4n) is 1.69. The summed E-state index contributed by atoms with van der Waals surface area (Å²) >= 11 is 0. The molecule has 0 spiro atoms. The summed E-state index contributed by atoms with van der Waals surface area (Å²) < 4.78 is 0. The van der Waals surface area contributed by atoms with Crippen molar-refractivity contribution < 1.29 is 9.59 Å². The van der Waals surface area contributed by atoms with E-state index in [1.54, 1.807) is 19.1 Å². The van der Waals surface area contributed by atoms with Crippen LogP contribution in [0.5, 0.6) is 0 Å². The summed E-state index contributed by atoms with van der Waals surface area (Å²) in [6.07, 6.45) is 2.40. The van der Waals surface area contributed by atoms with E-state index in [2.05, 4.69) is 17.6 Å².